The van der Waals surface area contributed by atoms with Crippen molar-refractivity contribution in [2.45, 2.75) is 25.8 Å². The Balaban J connectivity index is 1.92. The molecule has 0 bridgehead atoms. The van der Waals surface area contributed by atoms with Crippen molar-refractivity contribution >= 4 is 23.1 Å². The second kappa shape index (κ2) is 7.95. The fourth-order valence-corrected chi connectivity index (χ4v) is 3.73. The van der Waals surface area contributed by atoms with Gasteiger partial charge in [-0.05, 0) is 29.2 Å². The summed E-state index contributed by atoms with van der Waals surface area (Å²) in [7, 11) is 0. The average molecular weight is 398 g/mol. The molecule has 1 saturated heterocycles. The van der Waals surface area contributed by atoms with Crippen molar-refractivity contribution in [2.24, 2.45) is 0 Å². The highest BCUT2D eigenvalue weighted by Gasteiger charge is 2.47. The molecule has 4 rings (SSSR count). The summed E-state index contributed by atoms with van der Waals surface area (Å²) in [6.45, 7) is 4.21. The van der Waals surface area contributed by atoms with Crippen LogP contribution in [-0.4, -0.2) is 21.8 Å². The average Bonchev–Trinajstić information content (AvgIpc) is 3.05. The molecule has 1 aliphatic heterocycles. The molecule has 5 heteroatoms. The third-order valence-electron chi connectivity index (χ3n) is 5.33. The quantitative estimate of drug-likeness (QED) is 0.388. The number of hydrogen-bond donors (Lipinski definition) is 1. The van der Waals surface area contributed by atoms with Crippen LogP contribution in [0.2, 0.25) is 0 Å². The van der Waals surface area contributed by atoms with Crippen molar-refractivity contribution < 1.29 is 14.7 Å². The Bertz CT molecular complexity index is 1100. The minimum absolute atomic E-state index is 0.0763. The first-order valence-corrected chi connectivity index (χ1v) is 9.85. The van der Waals surface area contributed by atoms with Gasteiger partial charge in [0.05, 0.1) is 23.5 Å². The lowest BCUT2D eigenvalue weighted by atomic mass is 9.93. The van der Waals surface area contributed by atoms with E-state index in [0.29, 0.717) is 17.2 Å². The van der Waals surface area contributed by atoms with E-state index in [1.54, 1.807) is 48.8 Å². The summed E-state index contributed by atoms with van der Waals surface area (Å²) in [4.78, 5) is 31.6. The maximum absolute atomic E-state index is 13.0. The summed E-state index contributed by atoms with van der Waals surface area (Å²) in [5.41, 5.74) is 2.97. The molecule has 30 heavy (non-hydrogen) atoms. The van der Waals surface area contributed by atoms with Crippen molar-refractivity contribution in [3.05, 3.63) is 101 Å². The molecule has 1 amide bonds. The fraction of sp³-hybridized carbons (Fsp3) is 0.160. The number of Topliss-reactive ketones (excluding diaryl/α,β-unsaturated/α-hetero) is 1. The maximum atomic E-state index is 13.0. The van der Waals surface area contributed by atoms with Gasteiger partial charge in [-0.15, -0.1) is 0 Å². The molecule has 3 aromatic rings. The molecule has 1 fully saturated rings. The zero-order valence-corrected chi connectivity index (χ0v) is 16.8. The van der Waals surface area contributed by atoms with Crippen LogP contribution >= 0.6 is 0 Å². The molecule has 1 aromatic heterocycles. The van der Waals surface area contributed by atoms with Gasteiger partial charge in [0.1, 0.15) is 5.76 Å². The molecule has 0 radical (unpaired) electrons. The van der Waals surface area contributed by atoms with Crippen LogP contribution in [0.3, 0.4) is 0 Å². The van der Waals surface area contributed by atoms with Crippen LogP contribution < -0.4 is 4.90 Å². The van der Waals surface area contributed by atoms with E-state index in [4.69, 9.17) is 0 Å². The van der Waals surface area contributed by atoms with Gasteiger partial charge in [0.2, 0.25) is 0 Å². The highest BCUT2D eigenvalue weighted by molar-refractivity contribution is 6.51. The number of aliphatic hydroxyl groups excluding tert-OH is 1. The Morgan fingerprint density at radius 1 is 0.967 bits per heavy atom. The van der Waals surface area contributed by atoms with Crippen LogP contribution in [0.5, 0.6) is 0 Å². The Kier molecular flexibility index (Phi) is 5.19. The Morgan fingerprint density at radius 2 is 1.67 bits per heavy atom. The highest BCUT2D eigenvalue weighted by Crippen LogP contribution is 2.42. The fourth-order valence-electron chi connectivity index (χ4n) is 3.73. The molecule has 1 atom stereocenters. The zero-order valence-electron chi connectivity index (χ0n) is 16.8. The topological polar surface area (TPSA) is 70.5 Å². The Labute approximate surface area is 175 Å². The van der Waals surface area contributed by atoms with E-state index in [0.717, 1.165) is 11.1 Å². The number of pyridine rings is 1. The third kappa shape index (κ3) is 3.39. The molecular weight excluding hydrogens is 376 g/mol. The smallest absolute Gasteiger partial charge is 0.300 e. The number of anilines is 1. The summed E-state index contributed by atoms with van der Waals surface area (Å²) in [5.74, 6) is -1.22. The van der Waals surface area contributed by atoms with Crippen molar-refractivity contribution in [3.63, 3.8) is 0 Å². The largest absolute Gasteiger partial charge is 0.507 e. The molecule has 0 aliphatic carbocycles. The molecule has 5 nitrogen and oxygen atoms in total. The molecule has 2 aromatic carbocycles. The Hall–Kier alpha value is -3.73. The van der Waals surface area contributed by atoms with Gasteiger partial charge in [-0.3, -0.25) is 19.5 Å². The van der Waals surface area contributed by atoms with Crippen LogP contribution in [0, 0.1) is 0 Å². The SMILES string of the molecule is CC(C)c1ccc(C2C(=C(O)c3ccccc3)C(=O)C(=O)N2c2cccnc2)cc1. The minimum Gasteiger partial charge on any atom is -0.507 e. The van der Waals surface area contributed by atoms with Crippen LogP contribution in [0.25, 0.3) is 5.76 Å². The molecule has 2 heterocycles. The number of carbonyl (C=O) groups is 2. The van der Waals surface area contributed by atoms with Crippen molar-refractivity contribution in [1.29, 1.82) is 0 Å². The summed E-state index contributed by atoms with van der Waals surface area (Å²) >= 11 is 0. The summed E-state index contributed by atoms with van der Waals surface area (Å²) in [6, 6.07) is 19.3. The first-order chi connectivity index (χ1) is 14.5. The second-order valence-corrected chi connectivity index (χ2v) is 7.57. The highest BCUT2D eigenvalue weighted by atomic mass is 16.3. The number of amides is 1. The van der Waals surface area contributed by atoms with Gasteiger partial charge < -0.3 is 5.11 Å². The number of ketones is 1. The molecule has 1 N–H and O–H groups in total. The lowest BCUT2D eigenvalue weighted by molar-refractivity contribution is -0.132. The van der Waals surface area contributed by atoms with Crippen LogP contribution in [-0.2, 0) is 9.59 Å². The van der Waals surface area contributed by atoms with Gasteiger partial charge >= 0.3 is 0 Å². The third-order valence-corrected chi connectivity index (χ3v) is 5.33. The number of nitrogens with zero attached hydrogens (tertiary/aromatic N) is 2. The lowest BCUT2D eigenvalue weighted by Crippen LogP contribution is -2.29. The summed E-state index contributed by atoms with van der Waals surface area (Å²) < 4.78 is 0. The number of hydrogen-bond acceptors (Lipinski definition) is 4. The van der Waals surface area contributed by atoms with Gasteiger partial charge in [0.15, 0.2) is 0 Å². The molecule has 0 saturated carbocycles. The van der Waals surface area contributed by atoms with E-state index in [-0.39, 0.29) is 11.3 Å². The Morgan fingerprint density at radius 3 is 2.27 bits per heavy atom. The van der Waals surface area contributed by atoms with Gasteiger partial charge in [0, 0.05) is 11.8 Å². The van der Waals surface area contributed by atoms with Crippen LogP contribution in [0.15, 0.2) is 84.7 Å². The number of benzene rings is 2. The monoisotopic (exact) mass is 398 g/mol. The molecule has 150 valence electrons. The first kappa shape index (κ1) is 19.6. The summed E-state index contributed by atoms with van der Waals surface area (Å²) in [5, 5.41) is 11.0. The number of carbonyl (C=O) groups excluding carboxylic acids is 2. The predicted octanol–water partition coefficient (Wildman–Crippen LogP) is 4.83. The predicted molar refractivity (Wildman–Crippen MR) is 116 cm³/mol. The van der Waals surface area contributed by atoms with Gasteiger partial charge in [-0.2, -0.15) is 0 Å². The molecular formula is C25H22N2O3. The van der Waals surface area contributed by atoms with E-state index in [9.17, 15) is 14.7 Å². The second-order valence-electron chi connectivity index (χ2n) is 7.57. The molecule has 1 unspecified atom stereocenters. The van der Waals surface area contributed by atoms with Crippen molar-refractivity contribution in [2.75, 3.05) is 4.90 Å². The van der Waals surface area contributed by atoms with E-state index >= 15 is 0 Å². The van der Waals surface area contributed by atoms with Gasteiger partial charge in [0.25, 0.3) is 11.7 Å². The van der Waals surface area contributed by atoms with Gasteiger partial charge in [-0.25, -0.2) is 0 Å². The lowest BCUT2D eigenvalue weighted by Gasteiger charge is -2.25. The van der Waals surface area contributed by atoms with Crippen LogP contribution in [0.1, 0.15) is 42.5 Å². The normalized spacial score (nSPS) is 18.2. The number of aromatic nitrogens is 1. The maximum Gasteiger partial charge on any atom is 0.300 e. The standard InChI is InChI=1S/C25H22N2O3/c1-16(2)17-10-12-18(13-11-17)22-21(23(28)19-7-4-3-5-8-19)24(29)25(30)27(22)20-9-6-14-26-15-20/h3-16,22,28H,1-2H3. The number of rotatable bonds is 4. The van der Waals surface area contributed by atoms with E-state index in [1.807, 2.05) is 30.3 Å². The van der Waals surface area contributed by atoms with Gasteiger partial charge in [-0.1, -0.05) is 68.4 Å². The van der Waals surface area contributed by atoms with E-state index in [1.165, 1.54) is 4.90 Å². The van der Waals surface area contributed by atoms with Crippen LogP contribution in [0.4, 0.5) is 5.69 Å². The molecule has 1 aliphatic rings. The minimum atomic E-state index is -0.740. The first-order valence-electron chi connectivity index (χ1n) is 9.85. The van der Waals surface area contributed by atoms with E-state index in [2.05, 4.69) is 18.8 Å². The summed E-state index contributed by atoms with van der Waals surface area (Å²) in [6.07, 6.45) is 3.15. The molecule has 0 spiro atoms. The van der Waals surface area contributed by atoms with Crippen molar-refractivity contribution in [3.8, 4) is 0 Å². The zero-order chi connectivity index (χ0) is 21.3. The van der Waals surface area contributed by atoms with E-state index < -0.39 is 17.7 Å². The van der Waals surface area contributed by atoms with Crippen molar-refractivity contribution in [1.82, 2.24) is 4.98 Å². The number of aliphatic hydroxyl groups is 1.